The Morgan fingerprint density at radius 2 is 1.97 bits per heavy atom. The van der Waals surface area contributed by atoms with E-state index in [4.69, 9.17) is 5.73 Å². The predicted octanol–water partition coefficient (Wildman–Crippen LogP) is 2.83. The molecule has 0 radical (unpaired) electrons. The Morgan fingerprint density at radius 1 is 1.20 bits per heavy atom. The van der Waals surface area contributed by atoms with Crippen LogP contribution in [0, 0.1) is 0 Å². The van der Waals surface area contributed by atoms with Gasteiger partial charge in [0.25, 0.3) is 11.8 Å². The number of thiophene rings is 2. The number of primary amides is 1. The van der Waals surface area contributed by atoms with Crippen molar-refractivity contribution in [3.05, 3.63) is 43.3 Å². The molecule has 2 aromatic rings. The number of aliphatic carboxylic acids is 1. The lowest BCUT2D eigenvalue weighted by molar-refractivity contribution is -0.141. The van der Waals surface area contributed by atoms with Crippen molar-refractivity contribution >= 4 is 40.5 Å². The summed E-state index contributed by atoms with van der Waals surface area (Å²) in [7, 11) is 2.07. The van der Waals surface area contributed by atoms with Crippen LogP contribution in [0.4, 0.5) is 0 Å². The molecule has 30 heavy (non-hydrogen) atoms. The van der Waals surface area contributed by atoms with Crippen molar-refractivity contribution in [3.63, 3.8) is 0 Å². The summed E-state index contributed by atoms with van der Waals surface area (Å²) in [5, 5.41) is 9.18. The number of nitrogens with two attached hydrogens (primary N) is 1. The Kier molecular flexibility index (Phi) is 7.27. The van der Waals surface area contributed by atoms with Gasteiger partial charge in [-0.2, -0.15) is 0 Å². The fourth-order valence-corrected chi connectivity index (χ4v) is 5.71. The highest BCUT2D eigenvalue weighted by molar-refractivity contribution is 7.14. The minimum absolute atomic E-state index is 0.114. The van der Waals surface area contributed by atoms with Gasteiger partial charge in [-0.1, -0.05) is 6.92 Å². The van der Waals surface area contributed by atoms with Crippen molar-refractivity contribution < 1.29 is 19.5 Å². The smallest absolute Gasteiger partial charge is 0.326 e. The zero-order chi connectivity index (χ0) is 21.8. The largest absolute Gasteiger partial charge is 0.480 e. The molecule has 0 aliphatic carbocycles. The second-order valence-corrected chi connectivity index (χ2v) is 9.83. The Balaban J connectivity index is 0.000000216. The van der Waals surface area contributed by atoms with Crippen LogP contribution in [0.1, 0.15) is 54.4 Å². The van der Waals surface area contributed by atoms with Crippen molar-refractivity contribution in [2.75, 3.05) is 20.1 Å². The lowest BCUT2D eigenvalue weighted by Crippen LogP contribution is -2.40. The summed E-state index contributed by atoms with van der Waals surface area (Å²) < 4.78 is 0. The zero-order valence-electron chi connectivity index (χ0n) is 17.2. The maximum Gasteiger partial charge on any atom is 0.326 e. The van der Waals surface area contributed by atoms with Crippen LogP contribution in [0.5, 0.6) is 0 Å². The van der Waals surface area contributed by atoms with Gasteiger partial charge in [0.1, 0.15) is 6.04 Å². The number of rotatable bonds is 4. The van der Waals surface area contributed by atoms with Crippen LogP contribution in [0.15, 0.2) is 18.2 Å². The molecule has 2 aliphatic rings. The van der Waals surface area contributed by atoms with E-state index >= 15 is 0 Å². The van der Waals surface area contributed by atoms with Gasteiger partial charge < -0.3 is 20.6 Å². The van der Waals surface area contributed by atoms with E-state index in [1.165, 1.54) is 42.9 Å². The molecule has 1 saturated heterocycles. The maximum atomic E-state index is 12.5. The minimum Gasteiger partial charge on any atom is -0.480 e. The van der Waals surface area contributed by atoms with Crippen molar-refractivity contribution in [3.8, 4) is 0 Å². The topological polar surface area (TPSA) is 104 Å². The minimum atomic E-state index is -0.892. The van der Waals surface area contributed by atoms with Gasteiger partial charge in [0.2, 0.25) is 0 Å². The molecule has 0 spiro atoms. The van der Waals surface area contributed by atoms with Gasteiger partial charge in [-0.3, -0.25) is 9.59 Å². The van der Waals surface area contributed by atoms with E-state index < -0.39 is 12.0 Å². The highest BCUT2D eigenvalue weighted by Crippen LogP contribution is 2.30. The highest BCUT2D eigenvalue weighted by atomic mass is 32.1. The fourth-order valence-electron chi connectivity index (χ4n) is 3.66. The molecule has 0 aromatic carbocycles. The molecule has 4 heterocycles. The Labute approximate surface area is 184 Å². The second-order valence-electron chi connectivity index (χ2n) is 7.53. The summed E-state index contributed by atoms with van der Waals surface area (Å²) in [4.78, 5) is 41.8. The van der Waals surface area contributed by atoms with Crippen LogP contribution in [0.25, 0.3) is 0 Å². The summed E-state index contributed by atoms with van der Waals surface area (Å²) >= 11 is 2.99. The number of carbonyl (C=O) groups is 3. The summed E-state index contributed by atoms with van der Waals surface area (Å²) in [5.41, 5.74) is 6.31. The molecule has 3 N–H and O–H groups in total. The van der Waals surface area contributed by atoms with Gasteiger partial charge >= 0.3 is 5.97 Å². The molecule has 1 fully saturated rings. The van der Waals surface area contributed by atoms with Crippen LogP contribution in [-0.4, -0.2) is 58.9 Å². The number of hydrogen-bond donors (Lipinski definition) is 2. The SMILES string of the molecule is CCc1ccc(C(N)=O)s1.CN1CCc2cc(C(=O)N3CCCC3C(=O)O)sc2C1. The summed E-state index contributed by atoms with van der Waals surface area (Å²) in [6.45, 7) is 4.50. The molecule has 0 bridgehead atoms. The molecule has 7 nitrogen and oxygen atoms in total. The number of amides is 2. The van der Waals surface area contributed by atoms with Gasteiger partial charge in [0, 0.05) is 29.4 Å². The Hall–Kier alpha value is -2.23. The molecule has 2 amide bonds. The number of likely N-dealkylation sites (N-methyl/N-ethyl adjacent to an activating group) is 1. The van der Waals surface area contributed by atoms with E-state index in [1.54, 1.807) is 6.07 Å². The van der Waals surface area contributed by atoms with Crippen LogP contribution < -0.4 is 5.73 Å². The number of fused-ring (bicyclic) bond motifs is 1. The Bertz CT molecular complexity index is 937. The van der Waals surface area contributed by atoms with E-state index in [-0.39, 0.29) is 11.8 Å². The quantitative estimate of drug-likeness (QED) is 0.747. The van der Waals surface area contributed by atoms with Gasteiger partial charge in [-0.25, -0.2) is 4.79 Å². The van der Waals surface area contributed by atoms with E-state index in [1.807, 2.05) is 12.1 Å². The lowest BCUT2D eigenvalue weighted by Gasteiger charge is -2.21. The van der Waals surface area contributed by atoms with Crippen LogP contribution in [0.2, 0.25) is 0 Å². The number of carboxylic acid groups (broad SMARTS) is 1. The van der Waals surface area contributed by atoms with Gasteiger partial charge in [0.15, 0.2) is 0 Å². The third-order valence-corrected chi connectivity index (χ3v) is 7.73. The number of carboxylic acids is 1. The third kappa shape index (κ3) is 5.08. The molecule has 1 unspecified atom stereocenters. The first-order chi connectivity index (χ1) is 14.3. The van der Waals surface area contributed by atoms with Crippen LogP contribution in [-0.2, 0) is 24.2 Å². The van der Waals surface area contributed by atoms with Crippen molar-refractivity contribution in [1.29, 1.82) is 0 Å². The number of carbonyl (C=O) groups excluding carboxylic acids is 2. The summed E-state index contributed by atoms with van der Waals surface area (Å²) in [6.07, 6.45) is 3.28. The third-order valence-electron chi connectivity index (χ3n) is 5.34. The molecule has 0 saturated carbocycles. The molecule has 2 aromatic heterocycles. The lowest BCUT2D eigenvalue weighted by atomic mass is 10.1. The molecular formula is C21H27N3O4S2. The molecular weight excluding hydrogens is 422 g/mol. The summed E-state index contributed by atoms with van der Waals surface area (Å²) in [6, 6.07) is 5.02. The van der Waals surface area contributed by atoms with E-state index in [0.717, 1.165) is 32.4 Å². The first kappa shape index (κ1) is 22.5. The van der Waals surface area contributed by atoms with E-state index in [2.05, 4.69) is 18.9 Å². The van der Waals surface area contributed by atoms with Gasteiger partial charge in [-0.15, -0.1) is 22.7 Å². The molecule has 1 atom stereocenters. The predicted molar refractivity (Wildman–Crippen MR) is 118 cm³/mol. The number of likely N-dealkylation sites (tertiary alicyclic amines) is 1. The average molecular weight is 450 g/mol. The normalized spacial score (nSPS) is 18.5. The number of nitrogens with zero attached hydrogens (tertiary/aromatic N) is 2. The van der Waals surface area contributed by atoms with Crippen LogP contribution >= 0.6 is 22.7 Å². The molecule has 9 heteroatoms. The summed E-state index contributed by atoms with van der Waals surface area (Å²) in [5.74, 6) is -1.33. The van der Waals surface area contributed by atoms with Crippen molar-refractivity contribution in [1.82, 2.24) is 9.80 Å². The first-order valence-corrected chi connectivity index (χ1v) is 11.7. The average Bonchev–Trinajstić information content (AvgIpc) is 3.45. The molecule has 162 valence electrons. The monoisotopic (exact) mass is 449 g/mol. The number of hydrogen-bond acceptors (Lipinski definition) is 6. The van der Waals surface area contributed by atoms with Crippen molar-refractivity contribution in [2.45, 2.75) is 45.2 Å². The van der Waals surface area contributed by atoms with Gasteiger partial charge in [-0.05, 0) is 56.5 Å². The first-order valence-electron chi connectivity index (χ1n) is 10.0. The van der Waals surface area contributed by atoms with Crippen molar-refractivity contribution in [2.24, 2.45) is 5.73 Å². The van der Waals surface area contributed by atoms with Gasteiger partial charge in [0.05, 0.1) is 9.75 Å². The maximum absolute atomic E-state index is 12.5. The second kappa shape index (κ2) is 9.72. The zero-order valence-corrected chi connectivity index (χ0v) is 18.9. The number of aryl methyl sites for hydroxylation is 1. The Morgan fingerprint density at radius 3 is 2.57 bits per heavy atom. The standard InChI is InChI=1S/C14H18N2O3S.C7H9NOS/c1-15-6-4-9-7-11(20-12(9)8-15)13(17)16-5-2-3-10(16)14(18)19;1-2-5-3-4-6(10-5)7(8)9/h7,10H,2-6,8H2,1H3,(H,18,19);3-4H,2H2,1H3,(H2,8,9). The molecule has 4 rings (SSSR count). The van der Waals surface area contributed by atoms with E-state index in [9.17, 15) is 19.5 Å². The van der Waals surface area contributed by atoms with Crippen LogP contribution in [0.3, 0.4) is 0 Å². The molecule has 2 aliphatic heterocycles. The highest BCUT2D eigenvalue weighted by Gasteiger charge is 2.35. The van der Waals surface area contributed by atoms with E-state index in [0.29, 0.717) is 22.7 Å². The fraction of sp³-hybridized carbons (Fsp3) is 0.476.